The molecule has 0 heterocycles. The van der Waals surface area contributed by atoms with Gasteiger partial charge in [0.2, 0.25) is 0 Å². The van der Waals surface area contributed by atoms with Gasteiger partial charge >= 0.3 is 11.9 Å². The first-order chi connectivity index (χ1) is 10.5. The molecule has 0 saturated heterocycles. The third-order valence-corrected chi connectivity index (χ3v) is 3.25. The van der Waals surface area contributed by atoms with Gasteiger partial charge in [0.1, 0.15) is 5.82 Å². The molecular weight excluding hydrogens is 287 g/mol. The number of carbonyl (C=O) groups is 2. The maximum Gasteiger partial charge on any atom is 0.338 e. The number of carbonyl (C=O) groups excluding carboxylic acids is 1. The van der Waals surface area contributed by atoms with Gasteiger partial charge in [-0.2, -0.15) is 0 Å². The van der Waals surface area contributed by atoms with Crippen molar-refractivity contribution in [2.45, 2.75) is 13.8 Å². The maximum atomic E-state index is 14.4. The SMILES string of the molecule is CCOC(=O)c1cccc(C(=O)O)c1-c1cccc(C)c1F. The van der Waals surface area contributed by atoms with E-state index < -0.39 is 17.8 Å². The van der Waals surface area contributed by atoms with Gasteiger partial charge in [0.15, 0.2) is 0 Å². The zero-order valence-electron chi connectivity index (χ0n) is 12.2. The molecule has 0 unspecified atom stereocenters. The van der Waals surface area contributed by atoms with Crippen molar-refractivity contribution < 1.29 is 23.8 Å². The zero-order chi connectivity index (χ0) is 16.3. The lowest BCUT2D eigenvalue weighted by atomic mass is 9.93. The summed E-state index contributed by atoms with van der Waals surface area (Å²) in [7, 11) is 0. The minimum absolute atomic E-state index is 0.0336. The molecule has 0 spiro atoms. The van der Waals surface area contributed by atoms with E-state index >= 15 is 0 Å². The van der Waals surface area contributed by atoms with Crippen LogP contribution >= 0.6 is 0 Å². The Kier molecular flexibility index (Phi) is 4.56. The molecule has 0 aliphatic carbocycles. The van der Waals surface area contributed by atoms with Gasteiger partial charge in [-0.05, 0) is 31.5 Å². The minimum Gasteiger partial charge on any atom is -0.478 e. The molecule has 0 atom stereocenters. The highest BCUT2D eigenvalue weighted by Crippen LogP contribution is 2.32. The number of esters is 1. The maximum absolute atomic E-state index is 14.4. The van der Waals surface area contributed by atoms with Gasteiger partial charge in [0.05, 0.1) is 17.7 Å². The largest absolute Gasteiger partial charge is 0.478 e. The molecule has 22 heavy (non-hydrogen) atoms. The first kappa shape index (κ1) is 15.7. The van der Waals surface area contributed by atoms with E-state index in [1.807, 2.05) is 0 Å². The van der Waals surface area contributed by atoms with E-state index in [0.29, 0.717) is 5.56 Å². The molecule has 114 valence electrons. The van der Waals surface area contributed by atoms with Crippen molar-refractivity contribution in [2.75, 3.05) is 6.61 Å². The highest BCUT2D eigenvalue weighted by atomic mass is 19.1. The number of carboxylic acid groups (broad SMARTS) is 1. The number of halogens is 1. The normalized spacial score (nSPS) is 10.3. The molecule has 2 aromatic carbocycles. The summed E-state index contributed by atoms with van der Waals surface area (Å²) in [5.41, 5.74) is 0.365. The lowest BCUT2D eigenvalue weighted by Gasteiger charge is -2.13. The molecule has 0 radical (unpaired) electrons. The number of rotatable bonds is 4. The van der Waals surface area contributed by atoms with Gasteiger partial charge in [-0.1, -0.05) is 24.3 Å². The molecule has 0 aliphatic rings. The smallest absolute Gasteiger partial charge is 0.338 e. The zero-order valence-corrected chi connectivity index (χ0v) is 12.2. The second-order valence-corrected chi connectivity index (χ2v) is 4.69. The van der Waals surface area contributed by atoms with E-state index in [0.717, 1.165) is 0 Å². The highest BCUT2D eigenvalue weighted by Gasteiger charge is 2.23. The number of ether oxygens (including phenoxy) is 1. The molecule has 1 N–H and O–H groups in total. The topological polar surface area (TPSA) is 63.6 Å². The van der Waals surface area contributed by atoms with Crippen LogP contribution in [0.3, 0.4) is 0 Å². The van der Waals surface area contributed by atoms with E-state index in [2.05, 4.69) is 0 Å². The van der Waals surface area contributed by atoms with Gasteiger partial charge in [0, 0.05) is 11.1 Å². The fourth-order valence-corrected chi connectivity index (χ4v) is 2.24. The van der Waals surface area contributed by atoms with E-state index in [-0.39, 0.29) is 28.9 Å². The van der Waals surface area contributed by atoms with Crippen LogP contribution in [-0.2, 0) is 4.74 Å². The molecular formula is C17H15FO4. The van der Waals surface area contributed by atoms with Crippen molar-refractivity contribution in [2.24, 2.45) is 0 Å². The van der Waals surface area contributed by atoms with Crippen LogP contribution in [0.2, 0.25) is 0 Å². The van der Waals surface area contributed by atoms with E-state index in [1.54, 1.807) is 26.0 Å². The Morgan fingerprint density at radius 1 is 1.14 bits per heavy atom. The molecule has 0 aliphatic heterocycles. The minimum atomic E-state index is -1.23. The van der Waals surface area contributed by atoms with Crippen molar-refractivity contribution in [3.63, 3.8) is 0 Å². The van der Waals surface area contributed by atoms with Crippen LogP contribution in [0.15, 0.2) is 36.4 Å². The molecule has 0 fully saturated rings. The fraction of sp³-hybridized carbons (Fsp3) is 0.176. The van der Waals surface area contributed by atoms with E-state index in [1.165, 1.54) is 24.3 Å². The Balaban J connectivity index is 2.78. The van der Waals surface area contributed by atoms with Gasteiger partial charge < -0.3 is 9.84 Å². The summed E-state index contributed by atoms with van der Waals surface area (Å²) in [5, 5.41) is 9.35. The number of hydrogen-bond donors (Lipinski definition) is 1. The van der Waals surface area contributed by atoms with Crippen molar-refractivity contribution in [1.82, 2.24) is 0 Å². The summed E-state index contributed by atoms with van der Waals surface area (Å²) < 4.78 is 19.4. The van der Waals surface area contributed by atoms with Crippen LogP contribution in [0.4, 0.5) is 4.39 Å². The monoisotopic (exact) mass is 302 g/mol. The first-order valence-electron chi connectivity index (χ1n) is 6.76. The molecule has 2 aromatic rings. The number of hydrogen-bond acceptors (Lipinski definition) is 3. The van der Waals surface area contributed by atoms with Crippen molar-refractivity contribution in [3.8, 4) is 11.1 Å². The van der Waals surface area contributed by atoms with Crippen LogP contribution in [-0.4, -0.2) is 23.7 Å². The van der Waals surface area contributed by atoms with Crippen LogP contribution in [0, 0.1) is 12.7 Å². The summed E-state index contributed by atoms with van der Waals surface area (Å²) in [4.78, 5) is 23.5. The average molecular weight is 302 g/mol. The highest BCUT2D eigenvalue weighted by molar-refractivity contribution is 6.05. The predicted octanol–water partition coefficient (Wildman–Crippen LogP) is 3.68. The first-order valence-corrected chi connectivity index (χ1v) is 6.76. The Hall–Kier alpha value is -2.69. The molecule has 2 rings (SSSR count). The second-order valence-electron chi connectivity index (χ2n) is 4.69. The van der Waals surface area contributed by atoms with Gasteiger partial charge in [0.25, 0.3) is 0 Å². The van der Waals surface area contributed by atoms with Crippen molar-refractivity contribution >= 4 is 11.9 Å². The van der Waals surface area contributed by atoms with E-state index in [4.69, 9.17) is 4.74 Å². The third-order valence-electron chi connectivity index (χ3n) is 3.25. The van der Waals surface area contributed by atoms with Gasteiger partial charge in [-0.3, -0.25) is 0 Å². The lowest BCUT2D eigenvalue weighted by molar-refractivity contribution is 0.0527. The lowest BCUT2D eigenvalue weighted by Crippen LogP contribution is -2.11. The summed E-state index contributed by atoms with van der Waals surface area (Å²) in [6, 6.07) is 8.84. The molecule has 0 bridgehead atoms. The third kappa shape index (κ3) is 2.83. The Labute approximate surface area is 127 Å². The molecule has 0 amide bonds. The summed E-state index contributed by atoms with van der Waals surface area (Å²) in [6.07, 6.45) is 0. The molecule has 0 aromatic heterocycles. The summed E-state index contributed by atoms with van der Waals surface area (Å²) >= 11 is 0. The Bertz CT molecular complexity index is 737. The molecule has 5 heteroatoms. The van der Waals surface area contributed by atoms with Gasteiger partial charge in [-0.25, -0.2) is 14.0 Å². The summed E-state index contributed by atoms with van der Waals surface area (Å²) in [5.74, 6) is -2.47. The van der Waals surface area contributed by atoms with Crippen LogP contribution < -0.4 is 0 Å². The van der Waals surface area contributed by atoms with Crippen LogP contribution in [0.5, 0.6) is 0 Å². The predicted molar refractivity (Wildman–Crippen MR) is 79.5 cm³/mol. The second kappa shape index (κ2) is 6.39. The van der Waals surface area contributed by atoms with E-state index in [9.17, 15) is 19.1 Å². The Morgan fingerprint density at radius 2 is 1.77 bits per heavy atom. The Morgan fingerprint density at radius 3 is 2.41 bits per heavy atom. The number of carboxylic acids is 1. The van der Waals surface area contributed by atoms with Crippen LogP contribution in [0.1, 0.15) is 33.2 Å². The number of aryl methyl sites for hydroxylation is 1. The van der Waals surface area contributed by atoms with Crippen molar-refractivity contribution in [1.29, 1.82) is 0 Å². The van der Waals surface area contributed by atoms with Crippen LogP contribution in [0.25, 0.3) is 11.1 Å². The fourth-order valence-electron chi connectivity index (χ4n) is 2.24. The quantitative estimate of drug-likeness (QED) is 0.875. The number of aromatic carboxylic acids is 1. The number of benzene rings is 2. The van der Waals surface area contributed by atoms with Crippen molar-refractivity contribution in [3.05, 3.63) is 58.9 Å². The standard InChI is InChI=1S/C17H15FO4/c1-3-22-17(21)13-9-5-8-12(16(19)20)14(13)11-7-4-6-10(2)15(11)18/h4-9H,3H2,1-2H3,(H,19,20). The molecule has 4 nitrogen and oxygen atoms in total. The average Bonchev–Trinajstić information content (AvgIpc) is 2.49. The summed E-state index contributed by atoms with van der Waals surface area (Å²) in [6.45, 7) is 3.37. The molecule has 0 saturated carbocycles. The van der Waals surface area contributed by atoms with Gasteiger partial charge in [-0.15, -0.1) is 0 Å².